The van der Waals surface area contributed by atoms with Gasteiger partial charge >= 0.3 is 5.63 Å². The van der Waals surface area contributed by atoms with E-state index in [1.807, 2.05) is 30.3 Å². The van der Waals surface area contributed by atoms with E-state index in [9.17, 15) is 4.79 Å². The summed E-state index contributed by atoms with van der Waals surface area (Å²) in [5.74, 6) is 0. The molecule has 0 saturated heterocycles. The van der Waals surface area contributed by atoms with Crippen molar-refractivity contribution < 1.29 is 4.42 Å². The van der Waals surface area contributed by atoms with E-state index in [0.717, 1.165) is 77.4 Å². The first-order valence-corrected chi connectivity index (χ1v) is 17.5. The Labute approximate surface area is 300 Å². The number of aromatic nitrogens is 1. The van der Waals surface area contributed by atoms with Gasteiger partial charge in [0.15, 0.2) is 0 Å². The molecule has 0 aliphatic rings. The Bertz CT molecular complexity index is 2950. The SMILES string of the molecule is O=c1oc2cc(-c3cc(-c4ccccc4)cc(-c4ccccc4)c3)ccc2c2ccc(-c3cccc4c3c3ccccc3n4-c3ccccc3)cc12. The molecule has 10 aromatic rings. The second kappa shape index (κ2) is 12.1. The van der Waals surface area contributed by atoms with Gasteiger partial charge in [-0.1, -0.05) is 127 Å². The van der Waals surface area contributed by atoms with E-state index < -0.39 is 0 Å². The van der Waals surface area contributed by atoms with Crippen molar-refractivity contribution in [2.75, 3.05) is 0 Å². The van der Waals surface area contributed by atoms with Gasteiger partial charge in [0.2, 0.25) is 0 Å². The monoisotopic (exact) mass is 665 g/mol. The van der Waals surface area contributed by atoms with Crippen molar-refractivity contribution >= 4 is 43.5 Å². The summed E-state index contributed by atoms with van der Waals surface area (Å²) >= 11 is 0. The van der Waals surface area contributed by atoms with Crippen LogP contribution in [0.25, 0.3) is 93.7 Å². The molecule has 244 valence electrons. The highest BCUT2D eigenvalue weighted by Crippen LogP contribution is 2.40. The molecule has 3 heteroatoms. The van der Waals surface area contributed by atoms with Crippen LogP contribution in [-0.2, 0) is 0 Å². The summed E-state index contributed by atoms with van der Waals surface area (Å²) < 4.78 is 8.43. The highest BCUT2D eigenvalue weighted by molar-refractivity contribution is 6.16. The van der Waals surface area contributed by atoms with Crippen molar-refractivity contribution in [1.82, 2.24) is 4.57 Å². The van der Waals surface area contributed by atoms with E-state index in [4.69, 9.17) is 4.42 Å². The number of fused-ring (bicyclic) bond motifs is 6. The maximum atomic E-state index is 13.8. The average molecular weight is 666 g/mol. The molecular weight excluding hydrogens is 635 g/mol. The molecule has 0 N–H and O–H groups in total. The highest BCUT2D eigenvalue weighted by atomic mass is 16.4. The summed E-state index contributed by atoms with van der Waals surface area (Å²) in [4.78, 5) is 13.8. The van der Waals surface area contributed by atoms with Crippen LogP contribution in [0.3, 0.4) is 0 Å². The summed E-state index contributed by atoms with van der Waals surface area (Å²) in [6.45, 7) is 0. The quantitative estimate of drug-likeness (QED) is 0.135. The van der Waals surface area contributed by atoms with E-state index in [1.165, 1.54) is 5.39 Å². The Morgan fingerprint density at radius 1 is 0.365 bits per heavy atom. The van der Waals surface area contributed by atoms with E-state index >= 15 is 0 Å². The zero-order valence-corrected chi connectivity index (χ0v) is 28.2. The van der Waals surface area contributed by atoms with Crippen LogP contribution in [0.2, 0.25) is 0 Å². The van der Waals surface area contributed by atoms with Crippen molar-refractivity contribution in [1.29, 1.82) is 0 Å². The fourth-order valence-electron chi connectivity index (χ4n) is 7.78. The Morgan fingerprint density at radius 3 is 1.65 bits per heavy atom. The minimum atomic E-state index is -0.344. The number of hydrogen-bond donors (Lipinski definition) is 0. The third-order valence-electron chi connectivity index (χ3n) is 10.2. The van der Waals surface area contributed by atoms with Gasteiger partial charge in [0.1, 0.15) is 5.58 Å². The molecule has 0 atom stereocenters. The molecule has 10 rings (SSSR count). The summed E-state index contributed by atoms with van der Waals surface area (Å²) in [7, 11) is 0. The van der Waals surface area contributed by atoms with Gasteiger partial charge in [-0.25, -0.2) is 4.79 Å². The van der Waals surface area contributed by atoms with Crippen molar-refractivity contribution in [2.45, 2.75) is 0 Å². The standard InChI is InChI=1S/C49H31NO2/c51-49-44-30-35(40-20-12-22-46-48(40)43-19-10-11-21-45(43)50(46)39-17-8-3-9-18-39)24-25-41(44)42-26-23-34(31-47(42)52-49)38-28-36(32-13-4-1-5-14-32)27-37(29-38)33-15-6-2-7-16-33/h1-31H. The van der Waals surface area contributed by atoms with E-state index in [2.05, 4.69) is 162 Å². The maximum absolute atomic E-state index is 13.8. The zero-order valence-electron chi connectivity index (χ0n) is 28.2. The summed E-state index contributed by atoms with van der Waals surface area (Å²) in [5, 5.41) is 4.68. The van der Waals surface area contributed by atoms with Crippen LogP contribution in [0.15, 0.2) is 197 Å². The molecule has 0 saturated carbocycles. The molecule has 0 amide bonds. The molecule has 2 aromatic heterocycles. The van der Waals surface area contributed by atoms with Gasteiger partial charge in [-0.05, 0) is 111 Å². The number of para-hydroxylation sites is 2. The lowest BCUT2D eigenvalue weighted by Gasteiger charge is -2.12. The molecule has 52 heavy (non-hydrogen) atoms. The molecule has 0 aliphatic heterocycles. The average Bonchev–Trinajstić information content (AvgIpc) is 3.56. The smallest absolute Gasteiger partial charge is 0.344 e. The lowest BCUT2D eigenvalue weighted by molar-refractivity contribution is 0.570. The molecule has 0 aliphatic carbocycles. The molecule has 0 fully saturated rings. The minimum absolute atomic E-state index is 0.344. The van der Waals surface area contributed by atoms with Gasteiger partial charge in [-0.2, -0.15) is 0 Å². The van der Waals surface area contributed by atoms with Crippen LogP contribution in [0.5, 0.6) is 0 Å². The Hall–Kier alpha value is -6.97. The number of benzene rings is 8. The highest BCUT2D eigenvalue weighted by Gasteiger charge is 2.17. The minimum Gasteiger partial charge on any atom is -0.422 e. The van der Waals surface area contributed by atoms with Crippen LogP contribution in [0.1, 0.15) is 0 Å². The van der Waals surface area contributed by atoms with E-state index in [1.54, 1.807) is 0 Å². The fraction of sp³-hybridized carbons (Fsp3) is 0. The van der Waals surface area contributed by atoms with Crippen LogP contribution in [0.4, 0.5) is 0 Å². The number of nitrogens with zero attached hydrogens (tertiary/aromatic N) is 1. The van der Waals surface area contributed by atoms with Gasteiger partial charge in [0.05, 0.1) is 16.4 Å². The predicted octanol–water partition coefficient (Wildman–Crippen LogP) is 12.7. The lowest BCUT2D eigenvalue weighted by Crippen LogP contribution is -2.00. The Balaban J connectivity index is 1.11. The Morgan fingerprint density at radius 2 is 0.942 bits per heavy atom. The van der Waals surface area contributed by atoms with Crippen LogP contribution in [0, 0.1) is 0 Å². The lowest BCUT2D eigenvalue weighted by atomic mass is 9.92. The second-order valence-corrected chi connectivity index (χ2v) is 13.3. The summed E-state index contributed by atoms with van der Waals surface area (Å²) in [5.41, 5.74) is 12.3. The van der Waals surface area contributed by atoms with Crippen LogP contribution >= 0.6 is 0 Å². The van der Waals surface area contributed by atoms with Crippen LogP contribution in [-0.4, -0.2) is 4.57 Å². The molecule has 0 bridgehead atoms. The molecule has 0 spiro atoms. The maximum Gasteiger partial charge on any atom is 0.344 e. The molecule has 3 nitrogen and oxygen atoms in total. The topological polar surface area (TPSA) is 35.1 Å². The van der Waals surface area contributed by atoms with Crippen molar-refractivity contribution in [3.05, 3.63) is 198 Å². The van der Waals surface area contributed by atoms with E-state index in [0.29, 0.717) is 11.0 Å². The van der Waals surface area contributed by atoms with Gasteiger partial charge < -0.3 is 8.98 Å². The molecular formula is C49H31NO2. The molecule has 0 radical (unpaired) electrons. The number of hydrogen-bond acceptors (Lipinski definition) is 2. The van der Waals surface area contributed by atoms with Gasteiger partial charge in [-0.3, -0.25) is 0 Å². The first-order valence-electron chi connectivity index (χ1n) is 17.5. The third-order valence-corrected chi connectivity index (χ3v) is 10.2. The van der Waals surface area contributed by atoms with Gasteiger partial charge in [0.25, 0.3) is 0 Å². The molecule has 0 unspecified atom stereocenters. The normalized spacial score (nSPS) is 11.5. The van der Waals surface area contributed by atoms with Crippen molar-refractivity contribution in [3.8, 4) is 50.2 Å². The molecule has 8 aromatic carbocycles. The van der Waals surface area contributed by atoms with Gasteiger partial charge in [0, 0.05) is 21.8 Å². The van der Waals surface area contributed by atoms with Crippen molar-refractivity contribution in [3.63, 3.8) is 0 Å². The van der Waals surface area contributed by atoms with Crippen LogP contribution < -0.4 is 5.63 Å². The first-order chi connectivity index (χ1) is 25.7. The van der Waals surface area contributed by atoms with Gasteiger partial charge in [-0.15, -0.1) is 0 Å². The molecule has 2 heterocycles. The summed E-state index contributed by atoms with van der Waals surface area (Å²) in [6, 6.07) is 65.3. The Kier molecular flexibility index (Phi) is 6.97. The number of rotatable bonds is 5. The fourth-order valence-corrected chi connectivity index (χ4v) is 7.78. The second-order valence-electron chi connectivity index (χ2n) is 13.3. The third kappa shape index (κ3) is 4.94. The summed E-state index contributed by atoms with van der Waals surface area (Å²) in [6.07, 6.45) is 0. The van der Waals surface area contributed by atoms with E-state index in [-0.39, 0.29) is 5.63 Å². The first kappa shape index (κ1) is 29.9. The largest absolute Gasteiger partial charge is 0.422 e. The predicted molar refractivity (Wildman–Crippen MR) is 216 cm³/mol. The van der Waals surface area contributed by atoms with Crippen molar-refractivity contribution in [2.24, 2.45) is 0 Å². The zero-order chi connectivity index (χ0) is 34.6.